The molecule has 1 atom stereocenters. The Hall–Kier alpha value is -4.71. The fraction of sp³-hybridized carbons (Fsp3) is 0.206. The van der Waals surface area contributed by atoms with Gasteiger partial charge in [-0.25, -0.2) is 0 Å². The molecule has 204 valence electrons. The molecule has 0 radical (unpaired) electrons. The molecule has 4 rings (SSSR count). The second-order valence-corrected chi connectivity index (χ2v) is 9.97. The smallest absolute Gasteiger partial charge is 0.305 e. The minimum Gasteiger partial charge on any atom is -0.481 e. The van der Waals surface area contributed by atoms with Crippen molar-refractivity contribution in [1.29, 1.82) is 0 Å². The summed E-state index contributed by atoms with van der Waals surface area (Å²) in [5, 5.41) is 12.4. The van der Waals surface area contributed by atoms with E-state index >= 15 is 0 Å². The van der Waals surface area contributed by atoms with Crippen LogP contribution < -0.4 is 5.32 Å². The molecular weight excluding hydrogens is 500 g/mol. The number of rotatable bonds is 11. The van der Waals surface area contributed by atoms with Crippen molar-refractivity contribution in [1.82, 2.24) is 10.2 Å². The van der Waals surface area contributed by atoms with Crippen molar-refractivity contribution in [2.24, 2.45) is 0 Å². The van der Waals surface area contributed by atoms with Crippen LogP contribution in [0.4, 0.5) is 0 Å². The van der Waals surface area contributed by atoms with Crippen LogP contribution in [0.3, 0.4) is 0 Å². The van der Waals surface area contributed by atoms with Gasteiger partial charge in [0.1, 0.15) is 0 Å². The van der Waals surface area contributed by atoms with Crippen LogP contribution in [0.15, 0.2) is 103 Å². The monoisotopic (exact) mass is 534 g/mol. The van der Waals surface area contributed by atoms with E-state index in [4.69, 9.17) is 0 Å². The summed E-state index contributed by atoms with van der Waals surface area (Å²) >= 11 is 0. The first-order valence-electron chi connectivity index (χ1n) is 13.4. The maximum Gasteiger partial charge on any atom is 0.305 e. The quantitative estimate of drug-likeness (QED) is 0.236. The van der Waals surface area contributed by atoms with Gasteiger partial charge in [-0.15, -0.1) is 0 Å². The zero-order chi connectivity index (χ0) is 28.5. The molecule has 0 aliphatic heterocycles. The first kappa shape index (κ1) is 28.3. The second kappa shape index (κ2) is 13.4. The summed E-state index contributed by atoms with van der Waals surface area (Å²) in [6, 6.07) is 32.2. The molecule has 0 aliphatic rings. The van der Waals surface area contributed by atoms with Gasteiger partial charge in [0, 0.05) is 30.8 Å². The van der Waals surface area contributed by atoms with E-state index in [0.29, 0.717) is 35.3 Å². The van der Waals surface area contributed by atoms with Gasteiger partial charge in [0.15, 0.2) is 0 Å². The molecule has 0 heterocycles. The molecule has 4 aromatic rings. The number of hydrogen-bond acceptors (Lipinski definition) is 3. The molecule has 2 N–H and O–H groups in total. The Morgan fingerprint density at radius 2 is 1.35 bits per heavy atom. The number of amides is 2. The van der Waals surface area contributed by atoms with Crippen molar-refractivity contribution in [3.63, 3.8) is 0 Å². The third kappa shape index (κ3) is 7.23. The number of benzene rings is 4. The van der Waals surface area contributed by atoms with Crippen LogP contribution in [0.5, 0.6) is 0 Å². The van der Waals surface area contributed by atoms with Crippen LogP contribution in [-0.2, 0) is 11.3 Å². The van der Waals surface area contributed by atoms with Gasteiger partial charge in [0.2, 0.25) is 0 Å². The van der Waals surface area contributed by atoms with Gasteiger partial charge in [-0.1, -0.05) is 103 Å². The normalized spacial score (nSPS) is 11.4. The van der Waals surface area contributed by atoms with Crippen LogP contribution in [0.1, 0.15) is 56.7 Å². The van der Waals surface area contributed by atoms with Gasteiger partial charge in [0.05, 0.1) is 6.42 Å². The Bertz CT molecular complexity index is 1470. The van der Waals surface area contributed by atoms with Crippen molar-refractivity contribution >= 4 is 17.8 Å². The molecular formula is C34H34N2O4. The highest BCUT2D eigenvalue weighted by Gasteiger charge is 2.24. The molecule has 0 saturated heterocycles. The molecule has 2 amide bonds. The van der Waals surface area contributed by atoms with Crippen molar-refractivity contribution in [3.8, 4) is 11.1 Å². The summed E-state index contributed by atoms with van der Waals surface area (Å²) in [6.07, 6.45) is -0.159. The number of carboxylic acid groups (broad SMARTS) is 1. The van der Waals surface area contributed by atoms with Gasteiger partial charge >= 0.3 is 5.97 Å². The lowest BCUT2D eigenvalue weighted by Gasteiger charge is -2.27. The van der Waals surface area contributed by atoms with E-state index in [1.54, 1.807) is 29.2 Å². The lowest BCUT2D eigenvalue weighted by Crippen LogP contribution is -2.36. The van der Waals surface area contributed by atoms with E-state index in [0.717, 1.165) is 16.7 Å². The van der Waals surface area contributed by atoms with Crippen molar-refractivity contribution in [2.75, 3.05) is 13.1 Å². The number of aliphatic carboxylic acids is 1. The Morgan fingerprint density at radius 1 is 0.775 bits per heavy atom. The number of aryl methyl sites for hydroxylation is 1. The molecule has 0 fully saturated rings. The summed E-state index contributed by atoms with van der Waals surface area (Å²) in [5.74, 6) is -1.46. The molecule has 0 spiro atoms. The predicted octanol–water partition coefficient (Wildman–Crippen LogP) is 6.31. The standard InChI is InChI=1S/C34H34N2O4/c1-24-16-18-26(19-17-24)22-35-33(39)30-14-8-6-12-28(30)29-13-7-9-15-31(29)34(40)36(21-20-32(37)38)23-25(2)27-10-4-3-5-11-27/h3-19,25H,20-23H2,1-2H3,(H,35,39)(H,37,38). The van der Waals surface area contributed by atoms with E-state index in [2.05, 4.69) is 5.32 Å². The van der Waals surface area contributed by atoms with Crippen LogP contribution in [-0.4, -0.2) is 40.9 Å². The minimum atomic E-state index is -0.964. The van der Waals surface area contributed by atoms with E-state index < -0.39 is 5.97 Å². The van der Waals surface area contributed by atoms with Gasteiger partial charge in [-0.2, -0.15) is 0 Å². The number of nitrogens with one attached hydrogen (secondary N) is 1. The van der Waals surface area contributed by atoms with Gasteiger partial charge in [-0.3, -0.25) is 14.4 Å². The molecule has 4 aromatic carbocycles. The highest BCUT2D eigenvalue weighted by atomic mass is 16.4. The molecule has 40 heavy (non-hydrogen) atoms. The van der Waals surface area contributed by atoms with Gasteiger partial charge in [0.25, 0.3) is 11.8 Å². The minimum absolute atomic E-state index is 0.00550. The number of hydrogen-bond donors (Lipinski definition) is 2. The Morgan fingerprint density at radius 3 is 2.00 bits per heavy atom. The maximum atomic E-state index is 14.0. The van der Waals surface area contributed by atoms with E-state index in [-0.39, 0.29) is 30.7 Å². The molecule has 0 saturated carbocycles. The zero-order valence-electron chi connectivity index (χ0n) is 22.8. The molecule has 6 nitrogen and oxygen atoms in total. The van der Waals surface area contributed by atoms with Crippen LogP contribution in [0.25, 0.3) is 11.1 Å². The lowest BCUT2D eigenvalue weighted by atomic mass is 9.93. The van der Waals surface area contributed by atoms with Crippen molar-refractivity contribution in [3.05, 3.63) is 131 Å². The fourth-order valence-corrected chi connectivity index (χ4v) is 4.70. The number of carboxylic acids is 1. The first-order valence-corrected chi connectivity index (χ1v) is 13.4. The second-order valence-electron chi connectivity index (χ2n) is 9.97. The molecule has 1 unspecified atom stereocenters. The Balaban J connectivity index is 1.62. The molecule has 0 aromatic heterocycles. The number of carbonyl (C=O) groups is 3. The Labute approximate surface area is 235 Å². The van der Waals surface area contributed by atoms with Crippen molar-refractivity contribution < 1.29 is 19.5 Å². The van der Waals surface area contributed by atoms with Gasteiger partial charge in [-0.05, 0) is 47.2 Å². The highest BCUT2D eigenvalue weighted by molar-refractivity contribution is 6.06. The summed E-state index contributed by atoms with van der Waals surface area (Å²) in [7, 11) is 0. The van der Waals surface area contributed by atoms with Crippen LogP contribution in [0, 0.1) is 6.92 Å². The summed E-state index contributed by atoms with van der Waals surface area (Å²) in [4.78, 5) is 40.3. The summed E-state index contributed by atoms with van der Waals surface area (Å²) in [5.41, 5.74) is 5.37. The lowest BCUT2D eigenvalue weighted by molar-refractivity contribution is -0.137. The molecule has 6 heteroatoms. The highest BCUT2D eigenvalue weighted by Crippen LogP contribution is 2.29. The largest absolute Gasteiger partial charge is 0.481 e. The molecule has 0 aliphatic carbocycles. The first-order chi connectivity index (χ1) is 19.3. The average molecular weight is 535 g/mol. The SMILES string of the molecule is Cc1ccc(CNC(=O)c2ccccc2-c2ccccc2C(=O)N(CCC(=O)O)CC(C)c2ccccc2)cc1. The van der Waals surface area contributed by atoms with Crippen LogP contribution in [0.2, 0.25) is 0 Å². The maximum absolute atomic E-state index is 14.0. The third-order valence-electron chi connectivity index (χ3n) is 6.94. The van der Waals surface area contributed by atoms with E-state index in [9.17, 15) is 19.5 Å². The van der Waals surface area contributed by atoms with E-state index in [1.165, 1.54) is 0 Å². The Kier molecular flexibility index (Phi) is 9.47. The van der Waals surface area contributed by atoms with Gasteiger partial charge < -0.3 is 15.3 Å². The van der Waals surface area contributed by atoms with Crippen LogP contribution >= 0.6 is 0 Å². The zero-order valence-corrected chi connectivity index (χ0v) is 22.8. The predicted molar refractivity (Wildman–Crippen MR) is 157 cm³/mol. The van der Waals surface area contributed by atoms with Crippen molar-refractivity contribution in [2.45, 2.75) is 32.7 Å². The van der Waals surface area contributed by atoms with E-state index in [1.807, 2.05) is 92.7 Å². The molecule has 0 bridgehead atoms. The summed E-state index contributed by atoms with van der Waals surface area (Å²) < 4.78 is 0. The topological polar surface area (TPSA) is 86.7 Å². The average Bonchev–Trinajstić information content (AvgIpc) is 2.98. The third-order valence-corrected chi connectivity index (χ3v) is 6.94. The number of nitrogens with zero attached hydrogens (tertiary/aromatic N) is 1. The summed E-state index contributed by atoms with van der Waals surface area (Å²) in [6.45, 7) is 4.87. The fourth-order valence-electron chi connectivity index (χ4n) is 4.70. The number of carbonyl (C=O) groups excluding carboxylic acids is 2.